The fourth-order valence-electron chi connectivity index (χ4n) is 0.820. The molecular weight excluding hydrogens is 196 g/mol. The number of carbonyl (C=O) groups is 1. The van der Waals surface area contributed by atoms with Gasteiger partial charge in [0.1, 0.15) is 30.5 Å². The third kappa shape index (κ3) is 3.29. The van der Waals surface area contributed by atoms with E-state index in [1.807, 2.05) is 0 Å². The molecule has 0 aliphatic carbocycles. The van der Waals surface area contributed by atoms with Gasteiger partial charge >= 0.3 is 0 Å². The molecule has 0 spiro atoms. The van der Waals surface area contributed by atoms with E-state index in [1.54, 1.807) is 0 Å². The van der Waals surface area contributed by atoms with Gasteiger partial charge in [-0.2, -0.15) is 0 Å². The lowest BCUT2D eigenvalue weighted by Gasteiger charge is -2.26. The molecule has 0 saturated heterocycles. The zero-order chi connectivity index (χ0) is 11.3. The van der Waals surface area contributed by atoms with Crippen LogP contribution in [0.15, 0.2) is 0 Å². The number of carbonyl (C=O) groups excluding carboxylic acids is 1. The minimum absolute atomic E-state index is 0.0219. The van der Waals surface area contributed by atoms with Crippen molar-refractivity contribution in [2.45, 2.75) is 30.5 Å². The molecular formula is C7H14O7. The van der Waals surface area contributed by atoms with Crippen molar-refractivity contribution < 1.29 is 35.4 Å². The molecule has 7 nitrogen and oxygen atoms in total. The van der Waals surface area contributed by atoms with Crippen molar-refractivity contribution in [1.29, 1.82) is 0 Å². The summed E-state index contributed by atoms with van der Waals surface area (Å²) in [5.74, 6) is 0. The Hall–Kier alpha value is -0.570. The van der Waals surface area contributed by atoms with Crippen LogP contribution in [0.5, 0.6) is 0 Å². The van der Waals surface area contributed by atoms with Crippen LogP contribution >= 0.6 is 0 Å². The van der Waals surface area contributed by atoms with E-state index in [1.165, 1.54) is 0 Å². The van der Waals surface area contributed by atoms with Crippen LogP contribution in [0.2, 0.25) is 0 Å². The molecule has 0 aliphatic rings. The van der Waals surface area contributed by atoms with E-state index in [4.69, 9.17) is 30.6 Å². The van der Waals surface area contributed by atoms with Gasteiger partial charge < -0.3 is 35.4 Å². The van der Waals surface area contributed by atoms with Crippen LogP contribution in [0, 0.1) is 0 Å². The summed E-state index contributed by atoms with van der Waals surface area (Å²) >= 11 is 0. The Morgan fingerprint density at radius 1 is 0.929 bits per heavy atom. The van der Waals surface area contributed by atoms with Crippen LogP contribution in [0.3, 0.4) is 0 Å². The molecule has 0 aromatic carbocycles. The van der Waals surface area contributed by atoms with Crippen molar-refractivity contribution in [2.75, 3.05) is 6.61 Å². The molecule has 0 aromatic rings. The molecule has 0 fully saturated rings. The predicted molar refractivity (Wildman–Crippen MR) is 43.2 cm³/mol. The summed E-state index contributed by atoms with van der Waals surface area (Å²) in [5, 5.41) is 53.2. The summed E-state index contributed by atoms with van der Waals surface area (Å²) in [4.78, 5) is 10.00. The van der Waals surface area contributed by atoms with Crippen molar-refractivity contribution >= 4 is 6.29 Å². The van der Waals surface area contributed by atoms with E-state index in [0.717, 1.165) is 0 Å². The molecule has 0 aliphatic heterocycles. The molecule has 0 aromatic heterocycles. The third-order valence-corrected chi connectivity index (χ3v) is 1.77. The summed E-state index contributed by atoms with van der Waals surface area (Å²) in [5.41, 5.74) is 0. The average Bonchev–Trinajstić information content (AvgIpc) is 2.23. The van der Waals surface area contributed by atoms with Crippen LogP contribution in [0.25, 0.3) is 0 Å². The second-order valence-electron chi connectivity index (χ2n) is 2.85. The van der Waals surface area contributed by atoms with E-state index in [-0.39, 0.29) is 6.29 Å². The summed E-state index contributed by atoms with van der Waals surface area (Å²) < 4.78 is 0. The highest BCUT2D eigenvalue weighted by Gasteiger charge is 2.33. The fraction of sp³-hybridized carbons (Fsp3) is 0.857. The number of hydrogen-bond donors (Lipinski definition) is 6. The number of aliphatic hydroxyl groups excluding tert-OH is 6. The number of aldehydes is 1. The molecule has 0 amide bonds. The molecule has 5 atom stereocenters. The lowest BCUT2D eigenvalue weighted by atomic mass is 10.0. The highest BCUT2D eigenvalue weighted by Crippen LogP contribution is 2.07. The van der Waals surface area contributed by atoms with Crippen molar-refractivity contribution in [3.05, 3.63) is 0 Å². The van der Waals surface area contributed by atoms with Crippen molar-refractivity contribution in [3.8, 4) is 0 Å². The Kier molecular flexibility index (Phi) is 5.77. The third-order valence-electron chi connectivity index (χ3n) is 1.77. The van der Waals surface area contributed by atoms with Gasteiger partial charge in [-0.15, -0.1) is 0 Å². The zero-order valence-corrected chi connectivity index (χ0v) is 7.26. The van der Waals surface area contributed by atoms with E-state index >= 15 is 0 Å². The molecule has 84 valence electrons. The minimum atomic E-state index is -1.92. The van der Waals surface area contributed by atoms with Gasteiger partial charge in [-0.1, -0.05) is 0 Å². The van der Waals surface area contributed by atoms with Crippen LogP contribution in [0.1, 0.15) is 0 Å². The Bertz CT molecular complexity index is 173. The highest BCUT2D eigenvalue weighted by atomic mass is 16.4. The zero-order valence-electron chi connectivity index (χ0n) is 7.26. The molecule has 0 heterocycles. The minimum Gasteiger partial charge on any atom is -0.394 e. The van der Waals surface area contributed by atoms with Gasteiger partial charge in [0.05, 0.1) is 6.61 Å². The van der Waals surface area contributed by atoms with E-state index in [9.17, 15) is 4.79 Å². The van der Waals surface area contributed by atoms with Gasteiger partial charge in [0.2, 0.25) is 0 Å². The summed E-state index contributed by atoms with van der Waals surface area (Å²) in [6.45, 7) is -0.817. The van der Waals surface area contributed by atoms with E-state index in [0.29, 0.717) is 0 Å². The maximum absolute atomic E-state index is 10.00. The van der Waals surface area contributed by atoms with E-state index < -0.39 is 37.1 Å². The number of hydrogen-bond acceptors (Lipinski definition) is 7. The second-order valence-corrected chi connectivity index (χ2v) is 2.85. The highest BCUT2D eigenvalue weighted by molar-refractivity contribution is 5.56. The maximum atomic E-state index is 10.00. The Morgan fingerprint density at radius 3 is 1.79 bits per heavy atom. The largest absolute Gasteiger partial charge is 0.394 e. The molecule has 0 bridgehead atoms. The topological polar surface area (TPSA) is 138 Å². The van der Waals surface area contributed by atoms with Gasteiger partial charge in [-0.25, -0.2) is 0 Å². The summed E-state index contributed by atoms with van der Waals surface area (Å²) in [6.07, 6.45) is -9.21. The fourth-order valence-corrected chi connectivity index (χ4v) is 0.820. The average molecular weight is 210 g/mol. The van der Waals surface area contributed by atoms with Gasteiger partial charge in [0, 0.05) is 0 Å². The molecule has 1 unspecified atom stereocenters. The van der Waals surface area contributed by atoms with Gasteiger partial charge in [-0.3, -0.25) is 0 Å². The maximum Gasteiger partial charge on any atom is 0.151 e. The molecule has 14 heavy (non-hydrogen) atoms. The first-order valence-electron chi connectivity index (χ1n) is 3.92. The Labute approximate surface area is 79.9 Å². The van der Waals surface area contributed by atoms with Crippen LogP contribution < -0.4 is 0 Å². The van der Waals surface area contributed by atoms with Gasteiger partial charge in [-0.05, 0) is 0 Å². The second kappa shape index (κ2) is 6.02. The lowest BCUT2D eigenvalue weighted by Crippen LogP contribution is -2.50. The normalized spacial score (nSPS) is 22.1. The van der Waals surface area contributed by atoms with Gasteiger partial charge in [0.25, 0.3) is 0 Å². The monoisotopic (exact) mass is 210 g/mol. The lowest BCUT2D eigenvalue weighted by molar-refractivity contribution is -0.147. The SMILES string of the molecule is O=C[C@H](O)[C@H](O)C(O)[C@H](O)[C@@H](O)CO. The molecule has 0 rings (SSSR count). The first-order valence-corrected chi connectivity index (χ1v) is 3.92. The predicted octanol–water partition coefficient (Wildman–Crippen LogP) is -4.02. The number of aliphatic hydroxyl groups is 6. The smallest absolute Gasteiger partial charge is 0.151 e. The van der Waals surface area contributed by atoms with Crippen LogP contribution in [-0.2, 0) is 4.79 Å². The molecule has 0 radical (unpaired) electrons. The standard InChI is InChI=1S/C7H14O7/c8-1-3(10)5(12)7(14)6(13)4(11)2-9/h1,3-7,9-14H,2H2/t3-,4-,5-,6+,7?/m0/s1. The molecule has 7 heteroatoms. The molecule has 0 saturated carbocycles. The Morgan fingerprint density at radius 2 is 1.43 bits per heavy atom. The van der Waals surface area contributed by atoms with Crippen molar-refractivity contribution in [3.63, 3.8) is 0 Å². The van der Waals surface area contributed by atoms with Crippen molar-refractivity contribution in [2.24, 2.45) is 0 Å². The first-order chi connectivity index (χ1) is 6.45. The quantitative estimate of drug-likeness (QED) is 0.245. The van der Waals surface area contributed by atoms with Gasteiger partial charge in [0.15, 0.2) is 6.29 Å². The van der Waals surface area contributed by atoms with Crippen LogP contribution in [-0.4, -0.2) is 74.1 Å². The summed E-state index contributed by atoms with van der Waals surface area (Å²) in [7, 11) is 0. The van der Waals surface area contributed by atoms with Crippen molar-refractivity contribution in [1.82, 2.24) is 0 Å². The number of rotatable bonds is 6. The first kappa shape index (κ1) is 13.4. The molecule has 6 N–H and O–H groups in total. The summed E-state index contributed by atoms with van der Waals surface area (Å²) in [6, 6.07) is 0. The van der Waals surface area contributed by atoms with E-state index in [2.05, 4.69) is 0 Å². The Balaban J connectivity index is 4.29. The van der Waals surface area contributed by atoms with Crippen LogP contribution in [0.4, 0.5) is 0 Å².